The molecule has 0 atom stereocenters. The van der Waals surface area contributed by atoms with E-state index in [1.165, 1.54) is 12.1 Å². The summed E-state index contributed by atoms with van der Waals surface area (Å²) in [6.45, 7) is 0.269. The van der Waals surface area contributed by atoms with Crippen molar-refractivity contribution in [2.75, 3.05) is 6.61 Å². The molecule has 3 N–H and O–H groups in total. The van der Waals surface area contributed by atoms with Crippen molar-refractivity contribution in [1.82, 2.24) is 0 Å². The second kappa shape index (κ2) is 5.46. The maximum Gasteiger partial charge on any atom is 0.312 e. The van der Waals surface area contributed by atoms with E-state index in [2.05, 4.69) is 0 Å². The van der Waals surface area contributed by atoms with Crippen molar-refractivity contribution in [3.05, 3.63) is 32.3 Å². The highest BCUT2D eigenvalue weighted by atomic mass is 35.5. The molecule has 1 aromatic rings. The van der Waals surface area contributed by atoms with Crippen LogP contribution in [0.2, 0.25) is 10.0 Å². The first kappa shape index (κ1) is 14.9. The number of hydrogen-bond acceptors (Lipinski definition) is 4. The number of nitro groups is 1. The van der Waals surface area contributed by atoms with Gasteiger partial charge in [-0.3, -0.25) is 15.5 Å². The Balaban J connectivity index is 2.15. The summed E-state index contributed by atoms with van der Waals surface area (Å²) in [7, 11) is 0. The van der Waals surface area contributed by atoms with Crippen LogP contribution in [0.5, 0.6) is 5.75 Å². The lowest BCUT2D eigenvalue weighted by atomic mass is 10.0. The van der Waals surface area contributed by atoms with Crippen LogP contribution in [0.15, 0.2) is 12.1 Å². The number of rotatable bonds is 6. The summed E-state index contributed by atoms with van der Waals surface area (Å²) in [5.74, 6) is 0.175. The molecular weight excluding hydrogens is 305 g/mol. The van der Waals surface area contributed by atoms with Gasteiger partial charge in [0.15, 0.2) is 5.75 Å². The molecule has 6 nitrogen and oxygen atoms in total. The highest BCUT2D eigenvalue weighted by Crippen LogP contribution is 2.49. The predicted octanol–water partition coefficient (Wildman–Crippen LogP) is 3.39. The second-order valence-corrected chi connectivity index (χ2v) is 5.80. The van der Waals surface area contributed by atoms with Crippen molar-refractivity contribution in [3.63, 3.8) is 0 Å². The number of hydrogen-bond donors (Lipinski definition) is 2. The fourth-order valence-corrected chi connectivity index (χ4v) is 2.27. The quantitative estimate of drug-likeness (QED) is 0.363. The first-order valence-corrected chi connectivity index (χ1v) is 6.68. The minimum absolute atomic E-state index is 0.0826. The van der Waals surface area contributed by atoms with Gasteiger partial charge in [-0.2, -0.15) is 0 Å². The summed E-state index contributed by atoms with van der Waals surface area (Å²) in [4.78, 5) is 10.4. The molecule has 8 heteroatoms. The Morgan fingerprint density at radius 1 is 1.45 bits per heavy atom. The van der Waals surface area contributed by atoms with Crippen molar-refractivity contribution in [3.8, 4) is 5.75 Å². The molecule has 0 aliphatic heterocycles. The van der Waals surface area contributed by atoms with Crippen molar-refractivity contribution >= 4 is 34.7 Å². The lowest BCUT2D eigenvalue weighted by molar-refractivity contribution is -0.385. The summed E-state index contributed by atoms with van der Waals surface area (Å²) in [6, 6.07) is 2.51. The Morgan fingerprint density at radius 3 is 2.55 bits per heavy atom. The minimum Gasteiger partial charge on any atom is -0.486 e. The summed E-state index contributed by atoms with van der Waals surface area (Å²) in [5, 5.41) is 18.6. The van der Waals surface area contributed by atoms with Crippen LogP contribution in [0.25, 0.3) is 0 Å². The number of amidine groups is 1. The third kappa shape index (κ3) is 3.32. The topological polar surface area (TPSA) is 102 Å². The molecule has 0 unspecified atom stereocenters. The molecule has 1 aliphatic carbocycles. The maximum absolute atomic E-state index is 11.0. The average molecular weight is 318 g/mol. The van der Waals surface area contributed by atoms with Gasteiger partial charge in [0.05, 0.1) is 27.4 Å². The molecule has 20 heavy (non-hydrogen) atoms. The van der Waals surface area contributed by atoms with Gasteiger partial charge in [-0.15, -0.1) is 0 Å². The van der Waals surface area contributed by atoms with Crippen molar-refractivity contribution in [1.29, 1.82) is 5.41 Å². The lowest BCUT2D eigenvalue weighted by Gasteiger charge is -2.15. The van der Waals surface area contributed by atoms with Crippen molar-refractivity contribution in [2.24, 2.45) is 11.1 Å². The van der Waals surface area contributed by atoms with E-state index in [9.17, 15) is 10.1 Å². The van der Waals surface area contributed by atoms with Crippen LogP contribution in [0.3, 0.4) is 0 Å². The number of nitrogens with zero attached hydrogens (tertiary/aromatic N) is 1. The van der Waals surface area contributed by atoms with Gasteiger partial charge in [-0.1, -0.05) is 23.2 Å². The smallest absolute Gasteiger partial charge is 0.312 e. The molecule has 2 rings (SSSR count). The van der Waals surface area contributed by atoms with Crippen LogP contribution >= 0.6 is 23.2 Å². The standard InChI is InChI=1S/C12H13Cl2N3O3/c13-7-3-9(17(18)19)10(4-8(7)14)20-6-12(1-2-12)5-11(15)16/h3-4H,1-2,5-6H2,(H3,15,16). The second-order valence-electron chi connectivity index (χ2n) is 4.98. The maximum atomic E-state index is 11.0. The van der Waals surface area contributed by atoms with Gasteiger partial charge < -0.3 is 10.5 Å². The van der Waals surface area contributed by atoms with Crippen LogP contribution in [0.1, 0.15) is 19.3 Å². The molecule has 0 amide bonds. The van der Waals surface area contributed by atoms with Crippen LogP contribution in [0, 0.1) is 20.9 Å². The first-order chi connectivity index (χ1) is 9.33. The van der Waals surface area contributed by atoms with Gasteiger partial charge in [0.2, 0.25) is 0 Å². The fraction of sp³-hybridized carbons (Fsp3) is 0.417. The number of benzene rings is 1. The fourth-order valence-electron chi connectivity index (χ4n) is 1.96. The summed E-state index contributed by atoms with van der Waals surface area (Å²) >= 11 is 11.6. The largest absolute Gasteiger partial charge is 0.486 e. The van der Waals surface area contributed by atoms with Crippen LogP contribution in [-0.2, 0) is 0 Å². The molecular formula is C12H13Cl2N3O3. The Bertz CT molecular complexity index is 573. The third-order valence-corrected chi connectivity index (χ3v) is 3.98. The van der Waals surface area contributed by atoms with E-state index in [-0.39, 0.29) is 39.3 Å². The third-order valence-electron chi connectivity index (χ3n) is 3.25. The highest BCUT2D eigenvalue weighted by Gasteiger charge is 2.44. The molecule has 0 bridgehead atoms. The van der Waals surface area contributed by atoms with E-state index >= 15 is 0 Å². The Morgan fingerprint density at radius 2 is 2.05 bits per heavy atom. The van der Waals surface area contributed by atoms with E-state index in [1.54, 1.807) is 0 Å². The van der Waals surface area contributed by atoms with Crippen LogP contribution < -0.4 is 10.5 Å². The molecule has 1 aromatic carbocycles. The highest BCUT2D eigenvalue weighted by molar-refractivity contribution is 6.42. The van der Waals surface area contributed by atoms with Crippen molar-refractivity contribution < 1.29 is 9.66 Å². The van der Waals surface area contributed by atoms with E-state index in [1.807, 2.05) is 0 Å². The van der Waals surface area contributed by atoms with E-state index in [0.717, 1.165) is 12.8 Å². The van der Waals surface area contributed by atoms with Gasteiger partial charge in [-0.05, 0) is 12.8 Å². The summed E-state index contributed by atoms with van der Waals surface area (Å²) in [6.07, 6.45) is 2.21. The van der Waals surface area contributed by atoms with Crippen LogP contribution in [-0.4, -0.2) is 17.4 Å². The summed E-state index contributed by atoms with van der Waals surface area (Å²) in [5.41, 5.74) is 4.99. The molecule has 0 aromatic heterocycles. The lowest BCUT2D eigenvalue weighted by Crippen LogP contribution is -2.22. The molecule has 0 saturated heterocycles. The Labute approximate surface area is 125 Å². The zero-order valence-electron chi connectivity index (χ0n) is 10.5. The Kier molecular flexibility index (Phi) is 4.06. The van der Waals surface area contributed by atoms with Crippen molar-refractivity contribution in [2.45, 2.75) is 19.3 Å². The van der Waals surface area contributed by atoms with Gasteiger partial charge in [0, 0.05) is 24.0 Å². The minimum atomic E-state index is -0.567. The molecule has 1 fully saturated rings. The molecule has 1 aliphatic rings. The number of halogens is 2. The van der Waals surface area contributed by atoms with E-state index < -0.39 is 4.92 Å². The Hall–Kier alpha value is -1.53. The van der Waals surface area contributed by atoms with E-state index in [4.69, 9.17) is 39.1 Å². The number of ether oxygens (including phenoxy) is 1. The number of nitrogens with one attached hydrogen (secondary N) is 1. The van der Waals surface area contributed by atoms with Gasteiger partial charge in [0.25, 0.3) is 0 Å². The first-order valence-electron chi connectivity index (χ1n) is 5.92. The van der Waals surface area contributed by atoms with Gasteiger partial charge >= 0.3 is 5.69 Å². The molecule has 1 saturated carbocycles. The number of nitrogens with two attached hydrogens (primary N) is 1. The monoisotopic (exact) mass is 317 g/mol. The van der Waals surface area contributed by atoms with Gasteiger partial charge in [-0.25, -0.2) is 0 Å². The average Bonchev–Trinajstić information content (AvgIpc) is 3.09. The molecule has 0 heterocycles. The van der Waals surface area contributed by atoms with Gasteiger partial charge in [0.1, 0.15) is 0 Å². The zero-order chi connectivity index (χ0) is 14.9. The predicted molar refractivity (Wildman–Crippen MR) is 76.8 cm³/mol. The molecule has 108 valence electrons. The normalized spacial score (nSPS) is 15.7. The molecule has 0 radical (unpaired) electrons. The van der Waals surface area contributed by atoms with E-state index in [0.29, 0.717) is 6.42 Å². The number of nitro benzene ring substituents is 1. The SMILES string of the molecule is N=C(N)CC1(COc2cc(Cl)c(Cl)cc2[N+](=O)[O-])CC1. The van der Waals surface area contributed by atoms with Crippen LogP contribution in [0.4, 0.5) is 5.69 Å². The summed E-state index contributed by atoms with van der Waals surface area (Å²) < 4.78 is 5.53. The zero-order valence-corrected chi connectivity index (χ0v) is 12.0. The molecule has 0 spiro atoms.